The van der Waals surface area contributed by atoms with Crippen LogP contribution in [-0.4, -0.2) is 145 Å². The minimum absolute atomic E-state index is 0.00277. The third-order valence-electron chi connectivity index (χ3n) is 13.3. The first kappa shape index (κ1) is 54.3. The SMILES string of the molecule is CC1(C)OC[C@H](COc2cnc(NC(=O)N3c4nc(-c5cccc(C(F)(F)F)c5)ncc4N4CCC[C@H]3C4)nc2)O1.O=C(Nc1ncc(OC[C@H](O)CO)cn1)N1c2nc(-c3cccc(C(F)(F)F)c3)ncc2N2CCC[C@H]1C2. The van der Waals surface area contributed by atoms with Crippen LogP contribution in [0.2, 0.25) is 0 Å². The lowest BCUT2D eigenvalue weighted by Crippen LogP contribution is -2.56. The number of anilines is 6. The average molecular weight is 1100 g/mol. The Bertz CT molecular complexity index is 3160. The summed E-state index contributed by atoms with van der Waals surface area (Å²) in [6.45, 7) is 6.40. The molecule has 0 unspecified atom stereocenters. The molecule has 0 aliphatic carbocycles. The van der Waals surface area contributed by atoms with E-state index in [4.69, 9.17) is 24.1 Å². The van der Waals surface area contributed by atoms with Crippen LogP contribution in [-0.2, 0) is 21.8 Å². The number of aliphatic hydroxyl groups excluding tert-OH is 2. The Hall–Kier alpha value is -8.08. The predicted molar refractivity (Wildman–Crippen MR) is 271 cm³/mol. The number of carbonyl (C=O) groups is 2. The summed E-state index contributed by atoms with van der Waals surface area (Å²) in [7, 11) is 0. The number of halogens is 6. The fourth-order valence-electron chi connectivity index (χ4n) is 9.62. The van der Waals surface area contributed by atoms with E-state index >= 15 is 0 Å². The Morgan fingerprint density at radius 3 is 1.61 bits per heavy atom. The van der Waals surface area contributed by atoms with E-state index in [9.17, 15) is 41.0 Å². The molecule has 2 aromatic carbocycles. The molecule has 6 aromatic rings. The highest BCUT2D eigenvalue weighted by molar-refractivity contribution is 6.04. The summed E-state index contributed by atoms with van der Waals surface area (Å²) in [6, 6.07) is 8.08. The van der Waals surface area contributed by atoms with Gasteiger partial charge in [0.15, 0.2) is 40.6 Å². The largest absolute Gasteiger partial charge is 0.488 e. The molecule has 416 valence electrons. The standard InChI is InChI=1S/C27H28F3N7O4.C24H24F3N7O4/c1-26(2)40-15-20(41-26)14-39-19-10-32-24(33-11-19)35-25(38)37-18-7-4-8-36(13-18)21-12-31-22(34-23(21)37)16-5-3-6-17(9-16)27(28,29)30;25-24(26,27)15-4-1-3-14(7-15)20-28-10-19-21(31-20)34(16-5-2-6-33(19)11-16)23(37)32-22-29-8-18(9-30-22)38-13-17(36)12-35/h3,5-6,9-12,18,20H,4,7-8,13-15H2,1-2H3,(H,32,33,35,38);1,3-4,7-10,16-17,35-36H,2,5-6,11-13H2,(H,29,30,32,37)/t18-,20-;16-,17+/m00/s1. The third kappa shape index (κ3) is 12.5. The molecule has 11 rings (SSSR count). The number of piperidine rings is 2. The van der Waals surface area contributed by atoms with Gasteiger partial charge >= 0.3 is 24.4 Å². The number of nitrogens with zero attached hydrogens (tertiary/aromatic N) is 12. The molecule has 4 atom stereocenters. The van der Waals surface area contributed by atoms with Crippen molar-refractivity contribution in [1.82, 2.24) is 39.9 Å². The van der Waals surface area contributed by atoms with Crippen LogP contribution in [0.3, 0.4) is 0 Å². The van der Waals surface area contributed by atoms with Gasteiger partial charge in [0.05, 0.1) is 85.0 Å². The Morgan fingerprint density at radius 2 is 1.18 bits per heavy atom. The zero-order chi connectivity index (χ0) is 55.6. The second-order valence-corrected chi connectivity index (χ2v) is 19.4. The van der Waals surface area contributed by atoms with Crippen molar-refractivity contribution in [2.75, 3.05) is 82.8 Å². The number of ether oxygens (including phenoxy) is 4. The fraction of sp³-hybridized carbons (Fsp3) is 0.412. The molecule has 3 fully saturated rings. The summed E-state index contributed by atoms with van der Waals surface area (Å²) >= 11 is 0. The molecule has 79 heavy (non-hydrogen) atoms. The highest BCUT2D eigenvalue weighted by Gasteiger charge is 2.42. The molecule has 4 bridgehead atoms. The van der Waals surface area contributed by atoms with Gasteiger partial charge < -0.3 is 39.0 Å². The second-order valence-electron chi connectivity index (χ2n) is 19.4. The van der Waals surface area contributed by atoms with E-state index in [1.54, 1.807) is 6.20 Å². The van der Waals surface area contributed by atoms with Gasteiger partial charge in [-0.15, -0.1) is 0 Å². The van der Waals surface area contributed by atoms with Gasteiger partial charge in [-0.3, -0.25) is 20.4 Å². The Morgan fingerprint density at radius 1 is 0.709 bits per heavy atom. The van der Waals surface area contributed by atoms with Crippen LogP contribution in [0.5, 0.6) is 11.5 Å². The van der Waals surface area contributed by atoms with Crippen molar-refractivity contribution in [3.05, 3.63) is 96.8 Å². The summed E-state index contributed by atoms with van der Waals surface area (Å²) in [4.78, 5) is 68.4. The molecule has 22 nitrogen and oxygen atoms in total. The topological polar surface area (TPSA) is 252 Å². The van der Waals surface area contributed by atoms with Crippen molar-refractivity contribution in [3.8, 4) is 34.3 Å². The maximum Gasteiger partial charge on any atom is 0.416 e. The molecule has 0 radical (unpaired) electrons. The zero-order valence-corrected chi connectivity index (χ0v) is 42.4. The molecular formula is C51H52F6N14O8. The fourth-order valence-corrected chi connectivity index (χ4v) is 9.62. The van der Waals surface area contributed by atoms with Crippen LogP contribution in [0.15, 0.2) is 85.7 Å². The maximum absolute atomic E-state index is 13.6. The first-order chi connectivity index (χ1) is 37.8. The number of rotatable bonds is 11. The van der Waals surface area contributed by atoms with Gasteiger partial charge in [0, 0.05) is 37.3 Å². The summed E-state index contributed by atoms with van der Waals surface area (Å²) in [5.74, 6) is 0.818. The second kappa shape index (κ2) is 22.3. The number of fused-ring (bicyclic) bond motifs is 8. The highest BCUT2D eigenvalue weighted by atomic mass is 19.4. The lowest BCUT2D eigenvalue weighted by molar-refractivity contribution is -0.141. The van der Waals surface area contributed by atoms with E-state index in [2.05, 4.69) is 60.3 Å². The number of hydrogen-bond acceptors (Lipinski definition) is 18. The van der Waals surface area contributed by atoms with Crippen LogP contribution in [0.25, 0.3) is 22.8 Å². The summed E-state index contributed by atoms with van der Waals surface area (Å²) < 4.78 is 102. The molecule has 4 amide bonds. The molecule has 0 spiro atoms. The summed E-state index contributed by atoms with van der Waals surface area (Å²) in [5.41, 5.74) is 0.00692. The van der Waals surface area contributed by atoms with Crippen LogP contribution in [0.4, 0.5) is 70.8 Å². The number of carbonyl (C=O) groups excluding carboxylic acids is 2. The number of benzene rings is 2. The van der Waals surface area contributed by atoms with E-state index in [0.29, 0.717) is 54.9 Å². The smallest absolute Gasteiger partial charge is 0.416 e. The highest BCUT2D eigenvalue weighted by Crippen LogP contribution is 2.42. The lowest BCUT2D eigenvalue weighted by atomic mass is 10.0. The van der Waals surface area contributed by atoms with Gasteiger partial charge in [-0.25, -0.2) is 49.5 Å². The normalized spacial score (nSPS) is 19.5. The lowest BCUT2D eigenvalue weighted by Gasteiger charge is -2.45. The first-order valence-electron chi connectivity index (χ1n) is 25.1. The summed E-state index contributed by atoms with van der Waals surface area (Å²) in [6.07, 6.45) is 1.47. The molecule has 9 heterocycles. The van der Waals surface area contributed by atoms with E-state index < -0.39 is 54.0 Å². The number of amides is 4. The summed E-state index contributed by atoms with van der Waals surface area (Å²) in [5, 5.41) is 23.6. The van der Waals surface area contributed by atoms with Crippen LogP contribution < -0.4 is 39.7 Å². The Labute approximate surface area is 446 Å². The third-order valence-corrected chi connectivity index (χ3v) is 13.3. The van der Waals surface area contributed by atoms with E-state index in [-0.39, 0.29) is 71.8 Å². The molecule has 0 saturated carbocycles. The van der Waals surface area contributed by atoms with Crippen molar-refractivity contribution < 1.29 is 65.1 Å². The molecule has 4 N–H and O–H groups in total. The molecule has 5 aliphatic heterocycles. The number of hydrogen-bond donors (Lipinski definition) is 4. The number of urea groups is 2. The average Bonchev–Trinajstić information content (AvgIpc) is 3.96. The Balaban J connectivity index is 0.000000179. The minimum Gasteiger partial charge on any atom is -0.488 e. The Kier molecular flexibility index (Phi) is 15.4. The van der Waals surface area contributed by atoms with E-state index in [1.807, 2.05) is 13.8 Å². The number of aromatic nitrogens is 8. The number of alkyl halides is 6. The molecule has 5 aliphatic rings. The molecule has 4 aromatic heterocycles. The monoisotopic (exact) mass is 1100 g/mol. The molecule has 28 heteroatoms. The van der Waals surface area contributed by atoms with Crippen molar-refractivity contribution in [2.45, 2.75) is 82.0 Å². The predicted octanol–water partition coefficient (Wildman–Crippen LogP) is 7.21. The van der Waals surface area contributed by atoms with Gasteiger partial charge in [-0.05, 0) is 63.8 Å². The zero-order valence-electron chi connectivity index (χ0n) is 42.4. The molecule has 3 saturated heterocycles. The van der Waals surface area contributed by atoms with Crippen molar-refractivity contribution in [3.63, 3.8) is 0 Å². The van der Waals surface area contributed by atoms with Crippen LogP contribution in [0, 0.1) is 0 Å². The van der Waals surface area contributed by atoms with E-state index in [0.717, 1.165) is 56.6 Å². The van der Waals surface area contributed by atoms with Gasteiger partial charge in [-0.2, -0.15) is 26.3 Å². The number of nitrogens with one attached hydrogen (secondary N) is 2. The van der Waals surface area contributed by atoms with Crippen LogP contribution in [0.1, 0.15) is 50.7 Å². The number of aliphatic hydroxyl groups is 2. The first-order valence-corrected chi connectivity index (χ1v) is 25.1. The van der Waals surface area contributed by atoms with Gasteiger partial charge in [0.25, 0.3) is 0 Å². The van der Waals surface area contributed by atoms with E-state index in [1.165, 1.54) is 65.0 Å². The van der Waals surface area contributed by atoms with Gasteiger partial charge in [-0.1, -0.05) is 24.3 Å². The van der Waals surface area contributed by atoms with Crippen molar-refractivity contribution >= 4 is 47.0 Å². The maximum atomic E-state index is 13.6. The molecular weight excluding hydrogens is 1050 g/mol. The van der Waals surface area contributed by atoms with Crippen LogP contribution >= 0.6 is 0 Å². The van der Waals surface area contributed by atoms with Crippen molar-refractivity contribution in [2.24, 2.45) is 0 Å². The van der Waals surface area contributed by atoms with Gasteiger partial charge in [0.1, 0.15) is 25.4 Å². The van der Waals surface area contributed by atoms with Gasteiger partial charge in [0.2, 0.25) is 11.9 Å². The quantitative estimate of drug-likeness (QED) is 0.0935. The minimum atomic E-state index is -4.52. The van der Waals surface area contributed by atoms with Crippen molar-refractivity contribution in [1.29, 1.82) is 0 Å².